The second-order valence-electron chi connectivity index (χ2n) is 10.0. The molecule has 2 aliphatic heterocycles. The van der Waals surface area contributed by atoms with Gasteiger partial charge in [0, 0.05) is 38.7 Å². The Balaban J connectivity index is 1.60. The van der Waals surface area contributed by atoms with Crippen LogP contribution in [0, 0.1) is 5.82 Å². The number of nitrogens with one attached hydrogen (secondary N) is 2. The van der Waals surface area contributed by atoms with Gasteiger partial charge in [-0.15, -0.1) is 0 Å². The number of piperidine rings is 1. The number of nitrogens with zero attached hydrogens (tertiary/aromatic N) is 1. The molecule has 1 saturated heterocycles. The minimum absolute atomic E-state index is 0.153. The summed E-state index contributed by atoms with van der Waals surface area (Å²) in [5.41, 5.74) is 2.71. The zero-order valence-electron chi connectivity index (χ0n) is 22.2. The van der Waals surface area contributed by atoms with Crippen molar-refractivity contribution in [3.8, 4) is 17.2 Å². The second-order valence-corrected chi connectivity index (χ2v) is 10.0. The van der Waals surface area contributed by atoms with E-state index in [1.165, 1.54) is 24.8 Å². The van der Waals surface area contributed by atoms with Crippen LogP contribution in [0.5, 0.6) is 17.2 Å². The average molecular weight is 526 g/mol. The fraction of sp³-hybridized carbons (Fsp3) is 0.448. The summed E-state index contributed by atoms with van der Waals surface area (Å²) < 4.78 is 31.9. The largest absolute Gasteiger partial charge is 0.493 e. The van der Waals surface area contributed by atoms with Crippen LogP contribution < -0.4 is 24.8 Å². The third kappa shape index (κ3) is 7.71. The van der Waals surface area contributed by atoms with Crippen LogP contribution in [-0.4, -0.2) is 62.2 Å². The molecule has 4 bridgehead atoms. The molecule has 0 aliphatic carbocycles. The summed E-state index contributed by atoms with van der Waals surface area (Å²) in [5.74, 6) is 0.427. The van der Waals surface area contributed by atoms with Crippen LogP contribution in [0.25, 0.3) is 0 Å². The maximum absolute atomic E-state index is 14.4. The molecule has 2 aliphatic rings. The molecule has 0 radical (unpaired) electrons. The number of hydrogen-bond acceptors (Lipinski definition) is 6. The topological polar surface area (TPSA) is 89.1 Å². The van der Waals surface area contributed by atoms with E-state index in [4.69, 9.17) is 14.2 Å². The molecule has 2 N–H and O–H groups in total. The van der Waals surface area contributed by atoms with Crippen molar-refractivity contribution in [3.63, 3.8) is 0 Å². The molecule has 2 atom stereocenters. The molecular formula is C29H36FN3O5. The van der Waals surface area contributed by atoms with Crippen LogP contribution in [0.4, 0.5) is 4.39 Å². The van der Waals surface area contributed by atoms with E-state index < -0.39 is 5.82 Å². The Morgan fingerprint density at radius 1 is 1.13 bits per heavy atom. The molecule has 0 saturated carbocycles. The zero-order chi connectivity index (χ0) is 27.1. The highest BCUT2D eigenvalue weighted by atomic mass is 19.1. The number of methoxy groups -OCH3 is 1. The van der Waals surface area contributed by atoms with Gasteiger partial charge in [0.15, 0.2) is 18.1 Å². The van der Waals surface area contributed by atoms with Crippen LogP contribution in [-0.2, 0) is 22.6 Å². The number of carbonyl (C=O) groups is 2. The van der Waals surface area contributed by atoms with Gasteiger partial charge in [0.2, 0.25) is 5.91 Å². The molecule has 2 aromatic carbocycles. The molecule has 0 unspecified atom stereocenters. The molecule has 204 valence electrons. The van der Waals surface area contributed by atoms with Crippen molar-refractivity contribution in [2.45, 2.75) is 51.8 Å². The first-order valence-corrected chi connectivity index (χ1v) is 13.0. The van der Waals surface area contributed by atoms with Gasteiger partial charge in [-0.1, -0.05) is 17.7 Å². The third-order valence-electron chi connectivity index (χ3n) is 6.67. The number of aryl methyl sites for hydroxylation is 1. The Bertz CT molecular complexity index is 1180. The number of carbonyl (C=O) groups excluding carboxylic acids is 2. The Morgan fingerprint density at radius 3 is 2.76 bits per heavy atom. The monoisotopic (exact) mass is 525 g/mol. The van der Waals surface area contributed by atoms with E-state index in [-0.39, 0.29) is 43.5 Å². The lowest BCUT2D eigenvalue weighted by molar-refractivity contribution is -0.125. The van der Waals surface area contributed by atoms with Crippen molar-refractivity contribution in [2.75, 3.05) is 33.4 Å². The van der Waals surface area contributed by atoms with E-state index in [1.807, 2.05) is 6.07 Å². The van der Waals surface area contributed by atoms with Gasteiger partial charge in [-0.05, 0) is 62.1 Å². The number of hydrogen-bond donors (Lipinski definition) is 2. The van der Waals surface area contributed by atoms with Gasteiger partial charge in [0.25, 0.3) is 5.91 Å². The Morgan fingerprint density at radius 2 is 1.97 bits per heavy atom. The molecule has 1 fully saturated rings. The minimum atomic E-state index is -0.443. The Labute approximate surface area is 223 Å². The molecule has 38 heavy (non-hydrogen) atoms. The molecular weight excluding hydrogens is 489 g/mol. The van der Waals surface area contributed by atoms with Crippen LogP contribution >= 0.6 is 0 Å². The fourth-order valence-corrected chi connectivity index (χ4v) is 4.65. The first kappa shape index (κ1) is 27.4. The van der Waals surface area contributed by atoms with E-state index in [0.717, 1.165) is 18.7 Å². The van der Waals surface area contributed by atoms with Crippen LogP contribution in [0.2, 0.25) is 0 Å². The summed E-state index contributed by atoms with van der Waals surface area (Å²) in [5, 5.41) is 5.93. The third-order valence-corrected chi connectivity index (χ3v) is 6.67. The molecule has 9 heteroatoms. The minimum Gasteiger partial charge on any atom is -0.493 e. The number of benzene rings is 2. The normalized spacial score (nSPS) is 20.8. The SMILES string of the molecule is COc1ccc2cc1OCC(=O)N[C@@H]1CN(CC=C(C)C)CC[C@H]1Oc1cc(F)cc(c1)CNC(=O)CC2. The highest BCUT2D eigenvalue weighted by Gasteiger charge is 2.32. The lowest BCUT2D eigenvalue weighted by atomic mass is 10.0. The Kier molecular flexibility index (Phi) is 9.23. The van der Waals surface area contributed by atoms with Crippen molar-refractivity contribution in [2.24, 2.45) is 0 Å². The predicted octanol–water partition coefficient (Wildman–Crippen LogP) is 3.38. The molecule has 2 heterocycles. The summed E-state index contributed by atoms with van der Waals surface area (Å²) >= 11 is 0. The molecule has 8 nitrogen and oxygen atoms in total. The van der Waals surface area contributed by atoms with E-state index in [9.17, 15) is 14.0 Å². The smallest absolute Gasteiger partial charge is 0.258 e. The van der Waals surface area contributed by atoms with Gasteiger partial charge in [-0.25, -0.2) is 4.39 Å². The number of rotatable bonds is 3. The number of halogens is 1. The van der Waals surface area contributed by atoms with Crippen LogP contribution in [0.3, 0.4) is 0 Å². The van der Waals surface area contributed by atoms with E-state index in [2.05, 4.69) is 35.5 Å². The van der Waals surface area contributed by atoms with Crippen molar-refractivity contribution in [1.82, 2.24) is 15.5 Å². The Hall–Kier alpha value is -3.59. The quantitative estimate of drug-likeness (QED) is 0.598. The van der Waals surface area contributed by atoms with Crippen LogP contribution in [0.15, 0.2) is 48.0 Å². The van der Waals surface area contributed by atoms with Crippen molar-refractivity contribution in [1.29, 1.82) is 0 Å². The summed E-state index contributed by atoms with van der Waals surface area (Å²) in [6.45, 7) is 6.22. The van der Waals surface area contributed by atoms with Crippen molar-refractivity contribution in [3.05, 3.63) is 65.0 Å². The summed E-state index contributed by atoms with van der Waals surface area (Å²) in [6, 6.07) is 9.54. The van der Waals surface area contributed by atoms with Gasteiger partial charge >= 0.3 is 0 Å². The zero-order valence-corrected chi connectivity index (χ0v) is 22.2. The lowest BCUT2D eigenvalue weighted by Gasteiger charge is -2.38. The summed E-state index contributed by atoms with van der Waals surface area (Å²) in [7, 11) is 1.54. The highest BCUT2D eigenvalue weighted by molar-refractivity contribution is 5.78. The number of likely N-dealkylation sites (tertiary alicyclic amines) is 1. The average Bonchev–Trinajstić information content (AvgIpc) is 2.89. The first-order chi connectivity index (χ1) is 18.3. The number of fused-ring (bicyclic) bond motifs is 5. The molecule has 4 rings (SSSR count). The van der Waals surface area contributed by atoms with E-state index >= 15 is 0 Å². The maximum atomic E-state index is 14.4. The standard InChI is InChI=1S/C29H36FN3O5/c1-19(2)8-10-33-11-9-25-24(17-33)32-29(35)18-37-27-14-20(4-6-26(27)36-3)5-7-28(34)31-16-21-12-22(30)15-23(13-21)38-25/h4,6,8,12-15,24-25H,5,7,9-11,16-18H2,1-3H3,(H,31,34)(H,32,35)/t24-,25-/m1/s1. The molecule has 2 amide bonds. The van der Waals surface area contributed by atoms with E-state index in [0.29, 0.717) is 42.2 Å². The molecule has 0 aromatic heterocycles. The predicted molar refractivity (Wildman–Crippen MR) is 142 cm³/mol. The van der Waals surface area contributed by atoms with Gasteiger partial charge in [0.05, 0.1) is 13.2 Å². The number of amides is 2. The maximum Gasteiger partial charge on any atom is 0.258 e. The molecule has 2 aromatic rings. The van der Waals surface area contributed by atoms with Gasteiger partial charge in [0.1, 0.15) is 17.7 Å². The summed E-state index contributed by atoms with van der Waals surface area (Å²) in [4.78, 5) is 27.7. The summed E-state index contributed by atoms with van der Waals surface area (Å²) in [6.07, 6.45) is 3.17. The lowest BCUT2D eigenvalue weighted by Crippen LogP contribution is -2.57. The van der Waals surface area contributed by atoms with Gasteiger partial charge < -0.3 is 24.8 Å². The second kappa shape index (κ2) is 12.8. The van der Waals surface area contributed by atoms with Crippen molar-refractivity contribution < 1.29 is 28.2 Å². The van der Waals surface area contributed by atoms with Crippen molar-refractivity contribution >= 4 is 11.8 Å². The molecule has 0 spiro atoms. The first-order valence-electron chi connectivity index (χ1n) is 13.0. The number of ether oxygens (including phenoxy) is 3. The van der Waals surface area contributed by atoms with E-state index in [1.54, 1.807) is 18.2 Å². The fourth-order valence-electron chi connectivity index (χ4n) is 4.65. The highest BCUT2D eigenvalue weighted by Crippen LogP contribution is 2.29. The van der Waals surface area contributed by atoms with Gasteiger partial charge in [-0.3, -0.25) is 14.5 Å². The number of allylic oxidation sites excluding steroid dienone is 1. The van der Waals surface area contributed by atoms with Crippen LogP contribution in [0.1, 0.15) is 37.8 Å². The van der Waals surface area contributed by atoms with Gasteiger partial charge in [-0.2, -0.15) is 0 Å².